The maximum Gasteiger partial charge on any atom is 0.264 e. The van der Waals surface area contributed by atoms with E-state index in [0.717, 1.165) is 25.9 Å². The maximum absolute atomic E-state index is 9.79. The molecular weight excluding hydrogens is 192 g/mol. The van der Waals surface area contributed by atoms with Crippen LogP contribution < -0.4 is 11.5 Å². The van der Waals surface area contributed by atoms with Gasteiger partial charge in [-0.3, -0.25) is 4.55 Å². The zero-order valence-corrected chi connectivity index (χ0v) is 8.89. The summed E-state index contributed by atoms with van der Waals surface area (Å²) < 4.78 is 27.6. The Morgan fingerprint density at radius 1 is 1.15 bits per heavy atom. The second-order valence-corrected chi connectivity index (χ2v) is 4.14. The Morgan fingerprint density at radius 3 is 1.62 bits per heavy atom. The standard InChI is InChI=1S/C4H12N2.C3H8O3S/c5-3-1-2-4-6;1-2-3-7(4,5)6/h1-6H2;2-3H2,1H3,(H,4,5,6). The first kappa shape index (κ1) is 15.3. The monoisotopic (exact) mass is 212 g/mol. The second-order valence-electron chi connectivity index (χ2n) is 2.57. The van der Waals surface area contributed by atoms with Gasteiger partial charge in [0.25, 0.3) is 10.1 Å². The summed E-state index contributed by atoms with van der Waals surface area (Å²) >= 11 is 0. The lowest BCUT2D eigenvalue weighted by Gasteiger charge is -1.87. The van der Waals surface area contributed by atoms with Crippen molar-refractivity contribution in [1.29, 1.82) is 0 Å². The number of hydrogen-bond acceptors (Lipinski definition) is 4. The van der Waals surface area contributed by atoms with E-state index in [-0.39, 0.29) is 5.75 Å². The van der Waals surface area contributed by atoms with Crippen LogP contribution in [-0.2, 0) is 10.1 Å². The van der Waals surface area contributed by atoms with Crippen LogP contribution in [0.2, 0.25) is 0 Å². The molecule has 6 heteroatoms. The van der Waals surface area contributed by atoms with E-state index in [9.17, 15) is 8.42 Å². The smallest absolute Gasteiger partial charge is 0.264 e. The van der Waals surface area contributed by atoms with Crippen molar-refractivity contribution in [1.82, 2.24) is 0 Å². The number of hydrogen-bond donors (Lipinski definition) is 3. The van der Waals surface area contributed by atoms with E-state index in [1.54, 1.807) is 6.92 Å². The molecular formula is C7H20N2O3S. The van der Waals surface area contributed by atoms with Gasteiger partial charge in [0.2, 0.25) is 0 Å². The lowest BCUT2D eigenvalue weighted by atomic mass is 10.3. The predicted octanol–water partition coefficient (Wildman–Crippen LogP) is -0.0318. The molecule has 0 unspecified atom stereocenters. The third-order valence-corrected chi connectivity index (χ3v) is 2.04. The minimum absolute atomic E-state index is 0.132. The van der Waals surface area contributed by atoms with Crippen LogP contribution in [-0.4, -0.2) is 31.8 Å². The normalized spacial score (nSPS) is 10.5. The molecule has 0 aromatic rings. The van der Waals surface area contributed by atoms with Gasteiger partial charge in [0.05, 0.1) is 5.75 Å². The molecule has 5 nitrogen and oxygen atoms in total. The fourth-order valence-corrected chi connectivity index (χ4v) is 1.06. The summed E-state index contributed by atoms with van der Waals surface area (Å²) in [7, 11) is -3.67. The third kappa shape index (κ3) is 24.5. The molecule has 0 aliphatic rings. The van der Waals surface area contributed by atoms with Crippen LogP contribution in [0.25, 0.3) is 0 Å². The lowest BCUT2D eigenvalue weighted by molar-refractivity contribution is 0.482. The van der Waals surface area contributed by atoms with Crippen molar-refractivity contribution < 1.29 is 13.0 Å². The molecule has 5 N–H and O–H groups in total. The Kier molecular flexibility index (Phi) is 11.7. The average Bonchev–Trinajstić information content (AvgIpc) is 1.99. The van der Waals surface area contributed by atoms with E-state index >= 15 is 0 Å². The van der Waals surface area contributed by atoms with Crippen LogP contribution in [0.5, 0.6) is 0 Å². The van der Waals surface area contributed by atoms with E-state index in [1.807, 2.05) is 0 Å². The largest absolute Gasteiger partial charge is 0.330 e. The highest BCUT2D eigenvalue weighted by molar-refractivity contribution is 7.85. The summed E-state index contributed by atoms with van der Waals surface area (Å²) in [5.41, 5.74) is 10.3. The van der Waals surface area contributed by atoms with Crippen LogP contribution in [0, 0.1) is 0 Å². The van der Waals surface area contributed by atoms with Crippen LogP contribution in [0.15, 0.2) is 0 Å². The molecule has 0 bridgehead atoms. The van der Waals surface area contributed by atoms with Gasteiger partial charge in [-0.1, -0.05) is 6.92 Å². The SMILES string of the molecule is CCCS(=O)(=O)O.NCCCCN. The molecule has 0 aromatic heterocycles. The van der Waals surface area contributed by atoms with Crippen LogP contribution in [0.4, 0.5) is 0 Å². The fraction of sp³-hybridized carbons (Fsp3) is 1.00. The van der Waals surface area contributed by atoms with Crippen molar-refractivity contribution in [3.8, 4) is 0 Å². The number of rotatable bonds is 5. The molecule has 0 aliphatic carbocycles. The molecule has 82 valence electrons. The van der Waals surface area contributed by atoms with Gasteiger partial charge in [0, 0.05) is 0 Å². The van der Waals surface area contributed by atoms with E-state index in [4.69, 9.17) is 16.0 Å². The number of nitrogens with two attached hydrogens (primary N) is 2. The topological polar surface area (TPSA) is 106 Å². The summed E-state index contributed by atoms with van der Waals surface area (Å²) in [6.07, 6.45) is 2.60. The first-order valence-electron chi connectivity index (χ1n) is 4.33. The molecule has 13 heavy (non-hydrogen) atoms. The van der Waals surface area contributed by atoms with Gasteiger partial charge in [-0.2, -0.15) is 8.42 Å². The lowest BCUT2D eigenvalue weighted by Crippen LogP contribution is -2.03. The Balaban J connectivity index is 0. The fourth-order valence-electron chi connectivity index (χ4n) is 0.547. The van der Waals surface area contributed by atoms with Gasteiger partial charge in [-0.05, 0) is 32.4 Å². The van der Waals surface area contributed by atoms with Gasteiger partial charge in [0.15, 0.2) is 0 Å². The number of unbranched alkanes of at least 4 members (excludes halogenated alkanes) is 1. The van der Waals surface area contributed by atoms with Crippen LogP contribution in [0.3, 0.4) is 0 Å². The van der Waals surface area contributed by atoms with Crippen molar-refractivity contribution in [2.75, 3.05) is 18.8 Å². The van der Waals surface area contributed by atoms with Crippen molar-refractivity contribution in [2.24, 2.45) is 11.5 Å². The van der Waals surface area contributed by atoms with Crippen LogP contribution in [0.1, 0.15) is 26.2 Å². The molecule has 0 rings (SSSR count). The highest BCUT2D eigenvalue weighted by Gasteiger charge is 1.98. The van der Waals surface area contributed by atoms with E-state index < -0.39 is 10.1 Å². The van der Waals surface area contributed by atoms with Gasteiger partial charge in [0.1, 0.15) is 0 Å². The summed E-state index contributed by atoms with van der Waals surface area (Å²) in [6.45, 7) is 3.24. The zero-order valence-electron chi connectivity index (χ0n) is 8.07. The Morgan fingerprint density at radius 2 is 1.54 bits per heavy atom. The summed E-state index contributed by atoms with van der Waals surface area (Å²) in [5.74, 6) is -0.132. The molecule has 0 atom stereocenters. The molecule has 0 amide bonds. The molecule has 0 aromatic carbocycles. The molecule has 0 spiro atoms. The zero-order chi connectivity index (χ0) is 10.7. The van der Waals surface area contributed by atoms with E-state index in [2.05, 4.69) is 0 Å². The first-order chi connectivity index (χ1) is 5.97. The van der Waals surface area contributed by atoms with Crippen molar-refractivity contribution >= 4 is 10.1 Å². The summed E-state index contributed by atoms with van der Waals surface area (Å²) in [6, 6.07) is 0. The predicted molar refractivity (Wildman–Crippen MR) is 54.0 cm³/mol. The third-order valence-electron chi connectivity index (χ3n) is 1.12. The first-order valence-corrected chi connectivity index (χ1v) is 5.94. The van der Waals surface area contributed by atoms with E-state index in [0.29, 0.717) is 6.42 Å². The van der Waals surface area contributed by atoms with Crippen molar-refractivity contribution in [3.05, 3.63) is 0 Å². The minimum atomic E-state index is -3.67. The van der Waals surface area contributed by atoms with Gasteiger partial charge in [-0.25, -0.2) is 0 Å². The minimum Gasteiger partial charge on any atom is -0.330 e. The Labute approximate surface area is 80.2 Å². The molecule has 0 aliphatic heterocycles. The van der Waals surface area contributed by atoms with Gasteiger partial charge >= 0.3 is 0 Å². The Hall–Kier alpha value is -0.170. The maximum atomic E-state index is 9.79. The highest BCUT2D eigenvalue weighted by Crippen LogP contribution is 1.83. The molecule has 0 heterocycles. The molecule has 0 fully saturated rings. The van der Waals surface area contributed by atoms with E-state index in [1.165, 1.54) is 0 Å². The van der Waals surface area contributed by atoms with Gasteiger partial charge < -0.3 is 11.5 Å². The second kappa shape index (κ2) is 9.91. The summed E-state index contributed by atoms with van der Waals surface area (Å²) in [4.78, 5) is 0. The van der Waals surface area contributed by atoms with Crippen molar-refractivity contribution in [2.45, 2.75) is 26.2 Å². The molecule has 0 radical (unpaired) electrons. The van der Waals surface area contributed by atoms with Crippen LogP contribution >= 0.6 is 0 Å². The van der Waals surface area contributed by atoms with Crippen molar-refractivity contribution in [3.63, 3.8) is 0 Å². The quantitative estimate of drug-likeness (QED) is 0.438. The molecule has 0 saturated heterocycles. The summed E-state index contributed by atoms with van der Waals surface area (Å²) in [5, 5.41) is 0. The average molecular weight is 212 g/mol. The Bertz CT molecular complexity index is 176. The molecule has 0 saturated carbocycles. The van der Waals surface area contributed by atoms with Gasteiger partial charge in [-0.15, -0.1) is 0 Å². The highest BCUT2D eigenvalue weighted by atomic mass is 32.2.